The number of benzene rings is 3. The predicted octanol–water partition coefficient (Wildman–Crippen LogP) is 4.28. The van der Waals surface area contributed by atoms with Gasteiger partial charge in [0.25, 0.3) is 0 Å². The van der Waals surface area contributed by atoms with Crippen LogP contribution in [0.1, 0.15) is 5.56 Å². The Morgan fingerprint density at radius 3 is 2.15 bits per heavy atom. The zero-order valence-corrected chi connectivity index (χ0v) is 11.7. The summed E-state index contributed by atoms with van der Waals surface area (Å²) in [5.41, 5.74) is 6.45. The van der Waals surface area contributed by atoms with Gasteiger partial charge in [0.15, 0.2) is 0 Å². The number of fused-ring (bicyclic) bond motifs is 1. The van der Waals surface area contributed by atoms with Crippen LogP contribution in [0.15, 0.2) is 76.5 Å². The summed E-state index contributed by atoms with van der Waals surface area (Å²) < 4.78 is 0. The van der Waals surface area contributed by atoms with Crippen LogP contribution in [0.25, 0.3) is 10.8 Å². The van der Waals surface area contributed by atoms with Gasteiger partial charge >= 0.3 is 0 Å². The van der Waals surface area contributed by atoms with Crippen molar-refractivity contribution in [1.82, 2.24) is 0 Å². The Morgan fingerprint density at radius 1 is 0.800 bits per heavy atom. The van der Waals surface area contributed by atoms with E-state index in [1.165, 1.54) is 9.79 Å². The number of amidine groups is 1. The summed E-state index contributed by atoms with van der Waals surface area (Å²) in [5, 5.41) is 9.84. The fourth-order valence-electron chi connectivity index (χ4n) is 2.21. The maximum Gasteiger partial charge on any atom is 0.123 e. The SMILES string of the molecule is N=C(N)c1ccc(Sc2ccccc2)c2ccccc12. The molecule has 0 saturated heterocycles. The number of nitrogens with one attached hydrogen (secondary N) is 1. The third-order valence-electron chi connectivity index (χ3n) is 3.15. The van der Waals surface area contributed by atoms with E-state index in [2.05, 4.69) is 18.2 Å². The molecule has 0 amide bonds. The first-order valence-corrected chi connectivity index (χ1v) is 7.16. The fraction of sp³-hybridized carbons (Fsp3) is 0. The highest BCUT2D eigenvalue weighted by Gasteiger charge is 2.08. The van der Waals surface area contributed by atoms with E-state index in [1.807, 2.05) is 48.5 Å². The lowest BCUT2D eigenvalue weighted by molar-refractivity contribution is 1.41. The van der Waals surface area contributed by atoms with Crippen LogP contribution in [-0.2, 0) is 0 Å². The van der Waals surface area contributed by atoms with Gasteiger partial charge in [-0.1, -0.05) is 54.2 Å². The van der Waals surface area contributed by atoms with E-state index in [0.29, 0.717) is 0 Å². The van der Waals surface area contributed by atoms with Crippen LogP contribution in [0.2, 0.25) is 0 Å². The minimum Gasteiger partial charge on any atom is -0.384 e. The van der Waals surface area contributed by atoms with E-state index in [-0.39, 0.29) is 5.84 Å². The van der Waals surface area contributed by atoms with Gasteiger partial charge in [0.05, 0.1) is 0 Å². The molecule has 0 fully saturated rings. The van der Waals surface area contributed by atoms with E-state index >= 15 is 0 Å². The van der Waals surface area contributed by atoms with E-state index in [4.69, 9.17) is 11.1 Å². The summed E-state index contributed by atoms with van der Waals surface area (Å²) in [7, 11) is 0. The molecule has 3 N–H and O–H groups in total. The second kappa shape index (κ2) is 5.39. The Kier molecular flexibility index (Phi) is 3.44. The summed E-state index contributed by atoms with van der Waals surface area (Å²) >= 11 is 1.73. The first-order chi connectivity index (χ1) is 9.75. The molecule has 3 aromatic rings. The maximum atomic E-state index is 7.68. The van der Waals surface area contributed by atoms with Gasteiger partial charge in [0.2, 0.25) is 0 Å². The molecule has 0 aliphatic carbocycles. The maximum absolute atomic E-state index is 7.68. The molecule has 0 unspecified atom stereocenters. The molecule has 0 bridgehead atoms. The zero-order valence-electron chi connectivity index (χ0n) is 10.8. The van der Waals surface area contributed by atoms with Crippen LogP contribution in [0.5, 0.6) is 0 Å². The number of rotatable bonds is 3. The van der Waals surface area contributed by atoms with Crippen molar-refractivity contribution in [2.45, 2.75) is 9.79 Å². The molecule has 3 rings (SSSR count). The lowest BCUT2D eigenvalue weighted by Gasteiger charge is -2.10. The molecular weight excluding hydrogens is 264 g/mol. The van der Waals surface area contributed by atoms with E-state index in [1.54, 1.807) is 11.8 Å². The highest BCUT2D eigenvalue weighted by Crippen LogP contribution is 2.34. The smallest absolute Gasteiger partial charge is 0.123 e. The van der Waals surface area contributed by atoms with E-state index in [0.717, 1.165) is 16.3 Å². The fourth-order valence-corrected chi connectivity index (χ4v) is 3.18. The van der Waals surface area contributed by atoms with Gasteiger partial charge in [-0.05, 0) is 35.0 Å². The molecular formula is C17H14N2S. The molecule has 0 heterocycles. The van der Waals surface area contributed by atoms with Crippen molar-refractivity contribution in [2.75, 3.05) is 0 Å². The predicted molar refractivity (Wildman–Crippen MR) is 85.5 cm³/mol. The third-order valence-corrected chi connectivity index (χ3v) is 4.23. The molecule has 0 spiro atoms. The first kappa shape index (κ1) is 12.8. The lowest BCUT2D eigenvalue weighted by atomic mass is 10.0. The Hall–Kier alpha value is -2.26. The molecule has 0 saturated carbocycles. The molecule has 0 aliphatic rings. The Morgan fingerprint density at radius 2 is 1.45 bits per heavy atom. The van der Waals surface area contributed by atoms with E-state index < -0.39 is 0 Å². The average Bonchev–Trinajstić information content (AvgIpc) is 2.48. The third kappa shape index (κ3) is 2.40. The first-order valence-electron chi connectivity index (χ1n) is 6.35. The van der Waals surface area contributed by atoms with Crippen molar-refractivity contribution < 1.29 is 0 Å². The number of hydrogen-bond acceptors (Lipinski definition) is 2. The van der Waals surface area contributed by atoms with Crippen LogP contribution in [-0.4, -0.2) is 5.84 Å². The van der Waals surface area contributed by atoms with Crippen LogP contribution < -0.4 is 5.73 Å². The van der Waals surface area contributed by atoms with Gasteiger partial charge in [-0.2, -0.15) is 0 Å². The topological polar surface area (TPSA) is 49.9 Å². The number of hydrogen-bond donors (Lipinski definition) is 2. The molecule has 0 atom stereocenters. The van der Waals surface area contributed by atoms with Crippen LogP contribution in [0, 0.1) is 5.41 Å². The van der Waals surface area contributed by atoms with Crippen molar-refractivity contribution in [3.05, 3.63) is 72.3 Å². The van der Waals surface area contributed by atoms with Crippen LogP contribution >= 0.6 is 11.8 Å². The Bertz CT molecular complexity index is 766. The molecule has 0 aromatic heterocycles. The van der Waals surface area contributed by atoms with Gasteiger partial charge in [-0.25, -0.2) is 0 Å². The molecule has 20 heavy (non-hydrogen) atoms. The molecule has 0 radical (unpaired) electrons. The minimum absolute atomic E-state index is 0.109. The standard InChI is InChI=1S/C17H14N2S/c18-17(19)15-10-11-16(14-9-5-4-8-13(14)15)20-12-6-2-1-3-7-12/h1-11H,(H3,18,19). The van der Waals surface area contributed by atoms with Gasteiger partial charge in [-0.3, -0.25) is 5.41 Å². The molecule has 3 heteroatoms. The minimum atomic E-state index is 0.109. The largest absolute Gasteiger partial charge is 0.384 e. The number of nitrogen functional groups attached to an aromatic ring is 1. The normalized spacial score (nSPS) is 10.6. The highest BCUT2D eigenvalue weighted by atomic mass is 32.2. The van der Waals surface area contributed by atoms with Gasteiger partial charge in [0.1, 0.15) is 5.84 Å². The molecule has 98 valence electrons. The molecule has 0 aliphatic heterocycles. The second-order valence-corrected chi connectivity index (χ2v) is 5.60. The van der Waals surface area contributed by atoms with Crippen LogP contribution in [0.3, 0.4) is 0 Å². The van der Waals surface area contributed by atoms with Gasteiger partial charge < -0.3 is 5.73 Å². The summed E-state index contributed by atoms with van der Waals surface area (Å²) in [6, 6.07) is 22.3. The van der Waals surface area contributed by atoms with Gasteiger partial charge in [-0.15, -0.1) is 0 Å². The summed E-state index contributed by atoms with van der Waals surface area (Å²) in [6.07, 6.45) is 0. The average molecular weight is 278 g/mol. The van der Waals surface area contributed by atoms with Crippen molar-refractivity contribution in [2.24, 2.45) is 5.73 Å². The lowest BCUT2D eigenvalue weighted by Crippen LogP contribution is -2.11. The van der Waals surface area contributed by atoms with E-state index in [9.17, 15) is 0 Å². The van der Waals surface area contributed by atoms with Crippen molar-refractivity contribution in [1.29, 1.82) is 5.41 Å². The molecule has 3 aromatic carbocycles. The summed E-state index contributed by atoms with van der Waals surface area (Å²) in [6.45, 7) is 0. The van der Waals surface area contributed by atoms with Gasteiger partial charge in [0, 0.05) is 15.4 Å². The van der Waals surface area contributed by atoms with Crippen molar-refractivity contribution in [3.63, 3.8) is 0 Å². The Balaban J connectivity index is 2.13. The monoisotopic (exact) mass is 278 g/mol. The summed E-state index contributed by atoms with van der Waals surface area (Å²) in [4.78, 5) is 2.38. The molecule has 2 nitrogen and oxygen atoms in total. The number of nitrogens with two attached hydrogens (primary N) is 1. The van der Waals surface area contributed by atoms with Crippen molar-refractivity contribution in [3.8, 4) is 0 Å². The van der Waals surface area contributed by atoms with Crippen molar-refractivity contribution >= 4 is 28.4 Å². The Labute approximate surface area is 122 Å². The highest BCUT2D eigenvalue weighted by molar-refractivity contribution is 7.99. The zero-order chi connectivity index (χ0) is 13.9. The quantitative estimate of drug-likeness (QED) is 0.555. The summed E-state index contributed by atoms with van der Waals surface area (Å²) in [5.74, 6) is 0.109. The van der Waals surface area contributed by atoms with Crippen LogP contribution in [0.4, 0.5) is 0 Å². The second-order valence-electron chi connectivity index (χ2n) is 4.49.